The Kier molecular flexibility index (Phi) is 2.47. The van der Waals surface area contributed by atoms with Gasteiger partial charge in [0, 0.05) is 22.6 Å². The molecule has 2 nitrogen and oxygen atoms in total. The molecule has 2 rings (SSSR count). The molecular formula is C10H13NOS. The molecule has 0 spiro atoms. The first-order valence-electron chi connectivity index (χ1n) is 4.33. The third-order valence-corrected chi connectivity index (χ3v) is 3.84. The van der Waals surface area contributed by atoms with Crippen LogP contribution < -0.4 is 10.5 Å². The van der Waals surface area contributed by atoms with E-state index in [-0.39, 0.29) is 0 Å². The second-order valence-corrected chi connectivity index (χ2v) is 4.33. The second kappa shape index (κ2) is 3.60. The molecule has 1 heterocycles. The van der Waals surface area contributed by atoms with E-state index in [0.717, 1.165) is 11.5 Å². The van der Waals surface area contributed by atoms with Gasteiger partial charge in [-0.05, 0) is 6.07 Å². The van der Waals surface area contributed by atoms with E-state index in [1.807, 2.05) is 30.0 Å². The fourth-order valence-electron chi connectivity index (χ4n) is 1.53. The van der Waals surface area contributed by atoms with Crippen LogP contribution in [0.3, 0.4) is 0 Å². The van der Waals surface area contributed by atoms with Gasteiger partial charge in [0.1, 0.15) is 5.75 Å². The number of hydrogen-bond acceptors (Lipinski definition) is 3. The molecule has 13 heavy (non-hydrogen) atoms. The van der Waals surface area contributed by atoms with Crippen molar-refractivity contribution < 1.29 is 4.74 Å². The third-order valence-electron chi connectivity index (χ3n) is 2.30. The van der Waals surface area contributed by atoms with Crippen LogP contribution >= 0.6 is 11.8 Å². The van der Waals surface area contributed by atoms with Crippen molar-refractivity contribution in [2.45, 2.75) is 11.3 Å². The highest BCUT2D eigenvalue weighted by Gasteiger charge is 2.31. The molecular weight excluding hydrogens is 182 g/mol. The molecule has 0 aromatic heterocycles. The molecule has 2 unspecified atom stereocenters. The minimum absolute atomic E-state index is 0.293. The summed E-state index contributed by atoms with van der Waals surface area (Å²) in [6, 6.07) is 8.39. The van der Waals surface area contributed by atoms with Crippen molar-refractivity contribution in [2.24, 2.45) is 5.73 Å². The van der Waals surface area contributed by atoms with Gasteiger partial charge in [-0.1, -0.05) is 18.2 Å². The maximum Gasteiger partial charge on any atom is 0.123 e. The van der Waals surface area contributed by atoms with Crippen LogP contribution in [0.2, 0.25) is 0 Å². The van der Waals surface area contributed by atoms with Crippen LogP contribution in [-0.2, 0) is 0 Å². The van der Waals surface area contributed by atoms with Gasteiger partial charge in [0.2, 0.25) is 0 Å². The molecule has 1 aliphatic rings. The Hall–Kier alpha value is -0.670. The molecule has 1 fully saturated rings. The minimum atomic E-state index is 0.293. The van der Waals surface area contributed by atoms with E-state index in [9.17, 15) is 0 Å². The average Bonchev–Trinajstić information content (AvgIpc) is 2.16. The van der Waals surface area contributed by atoms with Crippen molar-refractivity contribution in [3.8, 4) is 5.75 Å². The first-order valence-corrected chi connectivity index (χ1v) is 5.38. The summed E-state index contributed by atoms with van der Waals surface area (Å²) in [5, 5.41) is 0.427. The van der Waals surface area contributed by atoms with Crippen LogP contribution in [0.1, 0.15) is 10.8 Å². The zero-order chi connectivity index (χ0) is 9.26. The Morgan fingerprint density at radius 1 is 1.46 bits per heavy atom. The molecule has 1 aromatic carbocycles. The standard InChI is InChI=1S/C10H13NOS/c1-12-9-5-3-2-4-7(9)10-8(11)6-13-10/h2-5,8,10H,6,11H2,1H3. The number of thioether (sulfide) groups is 1. The van der Waals surface area contributed by atoms with Crippen molar-refractivity contribution in [3.05, 3.63) is 29.8 Å². The Morgan fingerprint density at radius 3 is 2.77 bits per heavy atom. The number of rotatable bonds is 2. The summed E-state index contributed by atoms with van der Waals surface area (Å²) in [7, 11) is 1.70. The first-order chi connectivity index (χ1) is 6.33. The highest BCUT2D eigenvalue weighted by molar-refractivity contribution is 8.01. The summed E-state index contributed by atoms with van der Waals surface area (Å²) in [5.74, 6) is 2.01. The van der Waals surface area contributed by atoms with Crippen molar-refractivity contribution >= 4 is 11.8 Å². The molecule has 0 aliphatic carbocycles. The van der Waals surface area contributed by atoms with Crippen LogP contribution in [0, 0.1) is 0 Å². The van der Waals surface area contributed by atoms with Gasteiger partial charge in [0.15, 0.2) is 0 Å². The number of para-hydroxylation sites is 1. The van der Waals surface area contributed by atoms with Crippen LogP contribution in [0.5, 0.6) is 5.75 Å². The van der Waals surface area contributed by atoms with Gasteiger partial charge in [-0.15, -0.1) is 0 Å². The molecule has 0 radical (unpaired) electrons. The predicted molar refractivity (Wildman–Crippen MR) is 56.2 cm³/mol. The molecule has 2 N–H and O–H groups in total. The van der Waals surface area contributed by atoms with Crippen molar-refractivity contribution in [1.29, 1.82) is 0 Å². The van der Waals surface area contributed by atoms with Crippen LogP contribution in [0.4, 0.5) is 0 Å². The maximum absolute atomic E-state index is 5.90. The average molecular weight is 195 g/mol. The monoisotopic (exact) mass is 195 g/mol. The zero-order valence-electron chi connectivity index (χ0n) is 7.57. The SMILES string of the molecule is COc1ccccc1C1SCC1N. The molecule has 3 heteroatoms. The van der Waals surface area contributed by atoms with E-state index in [0.29, 0.717) is 11.3 Å². The summed E-state index contributed by atoms with van der Waals surface area (Å²) in [5.41, 5.74) is 7.13. The van der Waals surface area contributed by atoms with Gasteiger partial charge in [0.05, 0.1) is 7.11 Å². The van der Waals surface area contributed by atoms with E-state index in [2.05, 4.69) is 6.07 Å². The van der Waals surface area contributed by atoms with Gasteiger partial charge in [-0.2, -0.15) is 11.8 Å². The van der Waals surface area contributed by atoms with Crippen LogP contribution in [-0.4, -0.2) is 18.9 Å². The highest BCUT2D eigenvalue weighted by atomic mass is 32.2. The summed E-state index contributed by atoms with van der Waals surface area (Å²) in [6.45, 7) is 0. The number of methoxy groups -OCH3 is 1. The van der Waals surface area contributed by atoms with Gasteiger partial charge in [-0.3, -0.25) is 0 Å². The van der Waals surface area contributed by atoms with E-state index in [1.165, 1.54) is 5.56 Å². The molecule has 70 valence electrons. The fraction of sp³-hybridized carbons (Fsp3) is 0.400. The third kappa shape index (κ3) is 1.54. The van der Waals surface area contributed by atoms with Gasteiger partial charge in [0.25, 0.3) is 0 Å². The molecule has 0 amide bonds. The number of benzene rings is 1. The van der Waals surface area contributed by atoms with Crippen LogP contribution in [0.15, 0.2) is 24.3 Å². The van der Waals surface area contributed by atoms with E-state index in [1.54, 1.807) is 7.11 Å². The fourth-order valence-corrected chi connectivity index (χ4v) is 2.51. The predicted octanol–water partition coefficient (Wildman–Crippen LogP) is 1.81. The lowest BCUT2D eigenvalue weighted by molar-refractivity contribution is 0.407. The Balaban J connectivity index is 2.28. The minimum Gasteiger partial charge on any atom is -0.496 e. The summed E-state index contributed by atoms with van der Waals surface area (Å²) in [6.07, 6.45) is 0. The smallest absolute Gasteiger partial charge is 0.123 e. The topological polar surface area (TPSA) is 35.2 Å². The van der Waals surface area contributed by atoms with E-state index >= 15 is 0 Å². The molecule has 0 saturated carbocycles. The van der Waals surface area contributed by atoms with E-state index in [4.69, 9.17) is 10.5 Å². The van der Waals surface area contributed by atoms with Gasteiger partial charge >= 0.3 is 0 Å². The number of hydrogen-bond donors (Lipinski definition) is 1. The molecule has 1 aromatic rings. The van der Waals surface area contributed by atoms with Gasteiger partial charge in [-0.25, -0.2) is 0 Å². The molecule has 1 saturated heterocycles. The first kappa shape index (κ1) is 8.91. The summed E-state index contributed by atoms with van der Waals surface area (Å²) < 4.78 is 5.28. The maximum atomic E-state index is 5.90. The lowest BCUT2D eigenvalue weighted by Crippen LogP contribution is -2.37. The Bertz CT molecular complexity index is 303. The van der Waals surface area contributed by atoms with Crippen molar-refractivity contribution in [1.82, 2.24) is 0 Å². The van der Waals surface area contributed by atoms with E-state index < -0.39 is 0 Å². The normalized spacial score (nSPS) is 26.6. The largest absolute Gasteiger partial charge is 0.496 e. The van der Waals surface area contributed by atoms with Crippen molar-refractivity contribution in [3.63, 3.8) is 0 Å². The lowest BCUT2D eigenvalue weighted by atomic mass is 10.1. The molecule has 0 bridgehead atoms. The highest BCUT2D eigenvalue weighted by Crippen LogP contribution is 2.44. The quantitative estimate of drug-likeness (QED) is 0.781. The number of nitrogens with two attached hydrogens (primary N) is 1. The van der Waals surface area contributed by atoms with Gasteiger partial charge < -0.3 is 10.5 Å². The van der Waals surface area contributed by atoms with Crippen LogP contribution in [0.25, 0.3) is 0 Å². The molecule has 1 aliphatic heterocycles. The Morgan fingerprint density at radius 2 is 2.23 bits per heavy atom. The van der Waals surface area contributed by atoms with Crippen molar-refractivity contribution in [2.75, 3.05) is 12.9 Å². The summed E-state index contributed by atoms with van der Waals surface area (Å²) in [4.78, 5) is 0. The Labute approximate surface area is 82.5 Å². The summed E-state index contributed by atoms with van der Waals surface area (Å²) >= 11 is 1.89. The lowest BCUT2D eigenvalue weighted by Gasteiger charge is -2.33. The zero-order valence-corrected chi connectivity index (χ0v) is 8.38. The number of ether oxygens (including phenoxy) is 1. The molecule has 2 atom stereocenters. The second-order valence-electron chi connectivity index (χ2n) is 3.16.